The van der Waals surface area contributed by atoms with Crippen LogP contribution >= 0.6 is 0 Å². The van der Waals surface area contributed by atoms with Gasteiger partial charge in [0, 0.05) is 13.2 Å². The van der Waals surface area contributed by atoms with Gasteiger partial charge in [0.15, 0.2) is 5.84 Å². The molecule has 0 saturated heterocycles. The maximum absolute atomic E-state index is 4.35. The summed E-state index contributed by atoms with van der Waals surface area (Å²) in [5.74, 6) is 0.813. The fourth-order valence-electron chi connectivity index (χ4n) is 1.82. The monoisotopic (exact) mass is 242 g/mol. The number of nitrogens with zero attached hydrogens (tertiary/aromatic N) is 4. The molecular formula is C12H14N6. The van der Waals surface area contributed by atoms with Crippen molar-refractivity contribution in [1.29, 1.82) is 0 Å². The fourth-order valence-corrected chi connectivity index (χ4v) is 1.82. The average molecular weight is 242 g/mol. The molecule has 92 valence electrons. The number of amidine groups is 1. The maximum Gasteiger partial charge on any atom is 0.175 e. The zero-order chi connectivity index (χ0) is 12.5. The van der Waals surface area contributed by atoms with Crippen LogP contribution in [0.1, 0.15) is 11.1 Å². The Morgan fingerprint density at radius 1 is 1.17 bits per heavy atom. The molecule has 0 aliphatic carbocycles. The third-order valence-corrected chi connectivity index (χ3v) is 2.84. The van der Waals surface area contributed by atoms with Crippen LogP contribution in [0.5, 0.6) is 0 Å². The zero-order valence-corrected chi connectivity index (χ0v) is 10.3. The van der Waals surface area contributed by atoms with Crippen molar-refractivity contribution in [2.24, 2.45) is 5.10 Å². The van der Waals surface area contributed by atoms with Crippen molar-refractivity contribution < 1.29 is 0 Å². The molecule has 1 aliphatic rings. The highest BCUT2D eigenvalue weighted by molar-refractivity contribution is 5.98. The van der Waals surface area contributed by atoms with Crippen LogP contribution in [0.15, 0.2) is 41.8 Å². The van der Waals surface area contributed by atoms with E-state index in [1.165, 1.54) is 5.56 Å². The van der Waals surface area contributed by atoms with Gasteiger partial charge in [-0.3, -0.25) is 5.01 Å². The topological polar surface area (TPSA) is 57.5 Å². The first kappa shape index (κ1) is 10.8. The van der Waals surface area contributed by atoms with Crippen molar-refractivity contribution in [3.05, 3.63) is 47.8 Å². The van der Waals surface area contributed by atoms with Crippen molar-refractivity contribution in [3.8, 4) is 5.69 Å². The van der Waals surface area contributed by atoms with E-state index in [1.54, 1.807) is 11.2 Å². The normalized spacial score (nSPS) is 14.6. The minimum atomic E-state index is 0.813. The van der Waals surface area contributed by atoms with Gasteiger partial charge < -0.3 is 0 Å². The number of aryl methyl sites for hydroxylation is 1. The van der Waals surface area contributed by atoms with E-state index in [2.05, 4.69) is 40.3 Å². The van der Waals surface area contributed by atoms with Gasteiger partial charge in [0.25, 0.3) is 0 Å². The minimum Gasteiger partial charge on any atom is -0.274 e. The van der Waals surface area contributed by atoms with E-state index in [1.807, 2.05) is 30.1 Å². The minimum absolute atomic E-state index is 0.813. The molecule has 0 atom stereocenters. The van der Waals surface area contributed by atoms with Gasteiger partial charge in [0.2, 0.25) is 0 Å². The molecule has 2 N–H and O–H groups in total. The van der Waals surface area contributed by atoms with Gasteiger partial charge in [-0.05, 0) is 19.1 Å². The first-order valence-electron chi connectivity index (χ1n) is 5.68. The average Bonchev–Trinajstić information content (AvgIpc) is 2.98. The lowest BCUT2D eigenvalue weighted by Crippen LogP contribution is -2.37. The predicted octanol–water partition coefficient (Wildman–Crippen LogP) is 0.797. The highest BCUT2D eigenvalue weighted by atomic mass is 15.8. The lowest BCUT2D eigenvalue weighted by molar-refractivity contribution is 0.349. The number of rotatable bonds is 2. The number of benzene rings is 1. The largest absolute Gasteiger partial charge is 0.274 e. The molecule has 0 saturated carbocycles. The Labute approximate surface area is 105 Å². The Balaban J connectivity index is 1.92. The molecule has 0 amide bonds. The van der Waals surface area contributed by atoms with Crippen molar-refractivity contribution in [1.82, 2.24) is 25.9 Å². The summed E-state index contributed by atoms with van der Waals surface area (Å²) < 4.78 is 1.84. The van der Waals surface area contributed by atoms with Gasteiger partial charge in [-0.2, -0.15) is 5.10 Å². The van der Waals surface area contributed by atoms with Crippen LogP contribution in [-0.4, -0.2) is 27.7 Å². The molecule has 0 radical (unpaired) electrons. The highest BCUT2D eigenvalue weighted by Gasteiger charge is 2.16. The van der Waals surface area contributed by atoms with Crippen LogP contribution < -0.4 is 11.1 Å². The van der Waals surface area contributed by atoms with E-state index in [4.69, 9.17) is 0 Å². The Morgan fingerprint density at radius 3 is 2.61 bits per heavy atom. The van der Waals surface area contributed by atoms with E-state index < -0.39 is 0 Å². The maximum atomic E-state index is 4.35. The molecule has 1 aromatic carbocycles. The quantitative estimate of drug-likeness (QED) is 0.817. The molecule has 0 unspecified atom stereocenters. The van der Waals surface area contributed by atoms with Crippen LogP contribution in [0.4, 0.5) is 0 Å². The standard InChI is InChI=1S/C12H14N6/c1-9-3-5-11(6-4-9)18-8-10(7-13-18)12-14-15-16-17(12)2/h3-8,15-16H,1-2H3. The Bertz CT molecular complexity index is 583. The fraction of sp³-hybridized carbons (Fsp3) is 0.167. The first-order valence-corrected chi connectivity index (χ1v) is 5.68. The summed E-state index contributed by atoms with van der Waals surface area (Å²) in [6.07, 6.45) is 3.75. The van der Waals surface area contributed by atoms with Crippen molar-refractivity contribution in [2.45, 2.75) is 6.92 Å². The van der Waals surface area contributed by atoms with Gasteiger partial charge in [-0.25, -0.2) is 10.2 Å². The van der Waals surface area contributed by atoms with Gasteiger partial charge >= 0.3 is 0 Å². The second-order valence-corrected chi connectivity index (χ2v) is 4.23. The van der Waals surface area contributed by atoms with Gasteiger partial charge in [0.05, 0.1) is 17.4 Å². The molecule has 1 aliphatic heterocycles. The summed E-state index contributed by atoms with van der Waals surface area (Å²) in [7, 11) is 1.89. The number of hydrogen-bond acceptors (Lipinski definition) is 5. The van der Waals surface area contributed by atoms with Crippen LogP contribution in [0.25, 0.3) is 5.69 Å². The Kier molecular flexibility index (Phi) is 2.49. The molecule has 18 heavy (non-hydrogen) atoms. The number of hydrazone groups is 1. The number of aromatic nitrogens is 2. The van der Waals surface area contributed by atoms with E-state index in [9.17, 15) is 0 Å². The highest BCUT2D eigenvalue weighted by Crippen LogP contribution is 2.11. The summed E-state index contributed by atoms with van der Waals surface area (Å²) >= 11 is 0. The van der Waals surface area contributed by atoms with Crippen LogP contribution in [0, 0.1) is 6.92 Å². The molecule has 6 heteroatoms. The second-order valence-electron chi connectivity index (χ2n) is 4.23. The molecule has 3 rings (SSSR count). The first-order chi connectivity index (χ1) is 8.74. The van der Waals surface area contributed by atoms with Crippen molar-refractivity contribution in [3.63, 3.8) is 0 Å². The number of nitrogens with one attached hydrogen (secondary N) is 2. The number of hydrazine groups is 2. The summed E-state index contributed by atoms with van der Waals surface area (Å²) in [5.41, 5.74) is 8.80. The molecule has 2 heterocycles. The molecule has 6 nitrogen and oxygen atoms in total. The number of hydrogen-bond donors (Lipinski definition) is 2. The second kappa shape index (κ2) is 4.15. The van der Waals surface area contributed by atoms with Crippen LogP contribution in [-0.2, 0) is 0 Å². The lowest BCUT2D eigenvalue weighted by Gasteiger charge is -2.09. The molecular weight excluding hydrogens is 228 g/mol. The van der Waals surface area contributed by atoms with Gasteiger partial charge in [0.1, 0.15) is 0 Å². The molecule has 0 bridgehead atoms. The zero-order valence-electron chi connectivity index (χ0n) is 10.3. The summed E-state index contributed by atoms with van der Waals surface area (Å²) in [4.78, 5) is 0. The Morgan fingerprint density at radius 2 is 1.94 bits per heavy atom. The summed E-state index contributed by atoms with van der Waals surface area (Å²) in [6.45, 7) is 2.07. The SMILES string of the molecule is Cc1ccc(-n2cc(C3=NNNN3C)cn2)cc1. The summed E-state index contributed by atoms with van der Waals surface area (Å²) in [6, 6.07) is 8.23. The van der Waals surface area contributed by atoms with Gasteiger partial charge in [-0.1, -0.05) is 17.7 Å². The van der Waals surface area contributed by atoms with Gasteiger partial charge in [-0.15, -0.1) is 10.6 Å². The van der Waals surface area contributed by atoms with Crippen LogP contribution in [0.2, 0.25) is 0 Å². The molecule has 0 spiro atoms. The van der Waals surface area contributed by atoms with E-state index in [0.29, 0.717) is 0 Å². The third kappa shape index (κ3) is 1.82. The van der Waals surface area contributed by atoms with E-state index >= 15 is 0 Å². The summed E-state index contributed by atoms with van der Waals surface area (Å²) in [5, 5.41) is 10.3. The van der Waals surface area contributed by atoms with Crippen molar-refractivity contribution in [2.75, 3.05) is 7.05 Å². The smallest absolute Gasteiger partial charge is 0.175 e. The third-order valence-electron chi connectivity index (χ3n) is 2.84. The molecule has 0 fully saturated rings. The lowest BCUT2D eigenvalue weighted by atomic mass is 10.2. The van der Waals surface area contributed by atoms with E-state index in [0.717, 1.165) is 17.1 Å². The van der Waals surface area contributed by atoms with E-state index in [-0.39, 0.29) is 0 Å². The molecule has 1 aromatic heterocycles. The predicted molar refractivity (Wildman–Crippen MR) is 68.9 cm³/mol. The molecule has 2 aromatic rings. The van der Waals surface area contributed by atoms with Crippen molar-refractivity contribution >= 4 is 5.84 Å². The Hall–Kier alpha value is -2.34. The van der Waals surface area contributed by atoms with Crippen LogP contribution in [0.3, 0.4) is 0 Å².